The van der Waals surface area contributed by atoms with Gasteiger partial charge in [-0.05, 0) is 54.4 Å². The molecule has 0 atom stereocenters. The summed E-state index contributed by atoms with van der Waals surface area (Å²) in [5.41, 5.74) is 2.33. The quantitative estimate of drug-likeness (QED) is 0.304. The molecule has 0 aromatic heterocycles. The fourth-order valence-corrected chi connectivity index (χ4v) is 3.19. The summed E-state index contributed by atoms with van der Waals surface area (Å²) in [7, 11) is 0. The van der Waals surface area contributed by atoms with Crippen LogP contribution in [0.1, 0.15) is 18.1 Å². The van der Waals surface area contributed by atoms with Crippen molar-refractivity contribution in [2.24, 2.45) is 0 Å². The van der Waals surface area contributed by atoms with Gasteiger partial charge in [-0.2, -0.15) is 0 Å². The molecule has 0 saturated carbocycles. The minimum atomic E-state index is -0.460. The minimum absolute atomic E-state index is 0.00617. The van der Waals surface area contributed by atoms with Gasteiger partial charge in [0, 0.05) is 36.5 Å². The fourth-order valence-electron chi connectivity index (χ4n) is 2.90. The molecule has 0 aliphatic heterocycles. The molecule has 0 bridgehead atoms. The highest BCUT2D eigenvalue weighted by molar-refractivity contribution is 6.32. The Bertz CT molecular complexity index is 1100. The van der Waals surface area contributed by atoms with E-state index in [4.69, 9.17) is 21.1 Å². The van der Waals surface area contributed by atoms with Crippen LogP contribution in [-0.2, 0) is 13.2 Å². The highest BCUT2D eigenvalue weighted by atomic mass is 35.5. The molecule has 1 N–H and O–H groups in total. The number of halogens is 1. The van der Waals surface area contributed by atoms with Crippen LogP contribution in [0.25, 0.3) is 0 Å². The largest absolute Gasteiger partial charge is 0.490 e. The molecule has 0 aliphatic carbocycles. The number of hydrogen-bond acceptors (Lipinski definition) is 7. The van der Waals surface area contributed by atoms with E-state index in [1.807, 2.05) is 6.92 Å². The van der Waals surface area contributed by atoms with Crippen molar-refractivity contribution in [2.45, 2.75) is 20.1 Å². The third-order valence-electron chi connectivity index (χ3n) is 4.47. The summed E-state index contributed by atoms with van der Waals surface area (Å²) in [6.45, 7) is 2.83. The highest BCUT2D eigenvalue weighted by Gasteiger charge is 2.14. The first-order valence-electron chi connectivity index (χ1n) is 9.67. The number of benzene rings is 3. The van der Waals surface area contributed by atoms with Crippen molar-refractivity contribution in [1.29, 1.82) is 0 Å². The van der Waals surface area contributed by atoms with E-state index < -0.39 is 9.85 Å². The number of rotatable bonds is 10. The first-order valence-corrected chi connectivity index (χ1v) is 10.0. The summed E-state index contributed by atoms with van der Waals surface area (Å²) in [5.74, 6) is 0.855. The van der Waals surface area contributed by atoms with Gasteiger partial charge in [0.2, 0.25) is 0 Å². The van der Waals surface area contributed by atoms with Crippen LogP contribution >= 0.6 is 11.6 Å². The third kappa shape index (κ3) is 5.86. The molecule has 3 rings (SSSR count). The third-order valence-corrected chi connectivity index (χ3v) is 4.75. The minimum Gasteiger partial charge on any atom is -0.490 e. The number of non-ortho nitro benzene ring substituents is 2. The smallest absolute Gasteiger partial charge is 0.269 e. The molecule has 3 aromatic carbocycles. The normalized spacial score (nSPS) is 10.4. The number of anilines is 1. The van der Waals surface area contributed by atoms with Gasteiger partial charge in [0.05, 0.1) is 21.5 Å². The Morgan fingerprint density at radius 2 is 1.47 bits per heavy atom. The maximum atomic E-state index is 10.8. The molecule has 9 nitrogen and oxygen atoms in total. The van der Waals surface area contributed by atoms with Crippen molar-refractivity contribution >= 4 is 28.7 Å². The molecular weight excluding hydrogens is 438 g/mol. The number of nitro groups is 2. The number of nitro benzene ring substituents is 2. The van der Waals surface area contributed by atoms with Crippen molar-refractivity contribution in [3.8, 4) is 11.5 Å². The van der Waals surface area contributed by atoms with E-state index in [2.05, 4.69) is 5.32 Å². The summed E-state index contributed by atoms with van der Waals surface area (Å²) in [6, 6.07) is 15.7. The molecular formula is C22H20ClN3O6. The average Bonchev–Trinajstić information content (AvgIpc) is 2.78. The monoisotopic (exact) mass is 457 g/mol. The Kier molecular flexibility index (Phi) is 7.45. The number of nitrogens with one attached hydrogen (secondary N) is 1. The highest BCUT2D eigenvalue weighted by Crippen LogP contribution is 2.37. The van der Waals surface area contributed by atoms with Gasteiger partial charge in [0.25, 0.3) is 11.4 Å². The molecule has 10 heteroatoms. The summed E-state index contributed by atoms with van der Waals surface area (Å²) < 4.78 is 11.5. The summed E-state index contributed by atoms with van der Waals surface area (Å²) in [4.78, 5) is 20.6. The molecule has 3 aromatic rings. The van der Waals surface area contributed by atoms with Crippen LogP contribution in [0.3, 0.4) is 0 Å². The van der Waals surface area contributed by atoms with Crippen LogP contribution in [0.5, 0.6) is 11.5 Å². The van der Waals surface area contributed by atoms with E-state index in [0.29, 0.717) is 29.7 Å². The maximum absolute atomic E-state index is 10.8. The standard InChI is InChI=1S/C22H20ClN3O6/c1-2-31-21-12-16(13-24-17-5-9-19(10-6-17)26(29)30)11-20(23)22(21)32-14-15-3-7-18(8-4-15)25(27)28/h3-12,24H,2,13-14H2,1H3. The van der Waals surface area contributed by atoms with Gasteiger partial charge in [0.1, 0.15) is 6.61 Å². The fraction of sp³-hybridized carbons (Fsp3) is 0.182. The van der Waals surface area contributed by atoms with Crippen LogP contribution in [0.15, 0.2) is 60.7 Å². The topological polar surface area (TPSA) is 117 Å². The predicted octanol–water partition coefficient (Wildman–Crippen LogP) is 5.75. The first-order chi connectivity index (χ1) is 15.4. The van der Waals surface area contributed by atoms with Gasteiger partial charge in [-0.15, -0.1) is 0 Å². The van der Waals surface area contributed by atoms with E-state index in [1.165, 1.54) is 24.3 Å². The Morgan fingerprint density at radius 3 is 2.03 bits per heavy atom. The zero-order valence-corrected chi connectivity index (χ0v) is 17.9. The molecule has 0 heterocycles. The van der Waals surface area contributed by atoms with E-state index >= 15 is 0 Å². The predicted molar refractivity (Wildman–Crippen MR) is 120 cm³/mol. The Balaban J connectivity index is 1.70. The number of ether oxygens (including phenoxy) is 2. The van der Waals surface area contributed by atoms with E-state index in [-0.39, 0.29) is 18.0 Å². The molecule has 0 amide bonds. The van der Waals surface area contributed by atoms with Crippen molar-refractivity contribution in [2.75, 3.05) is 11.9 Å². The Labute approximate surface area is 188 Å². The molecule has 0 aliphatic rings. The Hall–Kier alpha value is -3.85. The van der Waals surface area contributed by atoms with Gasteiger partial charge in [-0.25, -0.2) is 0 Å². The molecule has 32 heavy (non-hydrogen) atoms. The van der Waals surface area contributed by atoms with Crippen LogP contribution in [0, 0.1) is 20.2 Å². The molecule has 0 unspecified atom stereocenters. The summed E-state index contributed by atoms with van der Waals surface area (Å²) in [5, 5.41) is 25.1. The van der Waals surface area contributed by atoms with Gasteiger partial charge in [-0.1, -0.05) is 11.6 Å². The first kappa shape index (κ1) is 22.8. The van der Waals surface area contributed by atoms with Crippen LogP contribution in [0.4, 0.5) is 17.1 Å². The Morgan fingerprint density at radius 1 is 0.875 bits per heavy atom. The molecule has 166 valence electrons. The summed E-state index contributed by atoms with van der Waals surface area (Å²) in [6.07, 6.45) is 0. The zero-order valence-electron chi connectivity index (χ0n) is 17.1. The van der Waals surface area contributed by atoms with Gasteiger partial charge in [0.15, 0.2) is 11.5 Å². The van der Waals surface area contributed by atoms with Crippen molar-refractivity contribution < 1.29 is 19.3 Å². The number of hydrogen-bond donors (Lipinski definition) is 1. The lowest BCUT2D eigenvalue weighted by Gasteiger charge is -2.16. The zero-order chi connectivity index (χ0) is 23.1. The van der Waals surface area contributed by atoms with E-state index in [0.717, 1.165) is 16.8 Å². The molecule has 0 saturated heterocycles. The van der Waals surface area contributed by atoms with Gasteiger partial charge >= 0.3 is 0 Å². The lowest BCUT2D eigenvalue weighted by atomic mass is 10.2. The van der Waals surface area contributed by atoms with Crippen LogP contribution < -0.4 is 14.8 Å². The second-order valence-corrected chi connectivity index (χ2v) is 7.11. The van der Waals surface area contributed by atoms with Gasteiger partial charge < -0.3 is 14.8 Å². The van der Waals surface area contributed by atoms with E-state index in [9.17, 15) is 20.2 Å². The lowest BCUT2D eigenvalue weighted by Crippen LogP contribution is -2.04. The lowest BCUT2D eigenvalue weighted by molar-refractivity contribution is -0.385. The van der Waals surface area contributed by atoms with Crippen molar-refractivity contribution in [3.63, 3.8) is 0 Å². The van der Waals surface area contributed by atoms with Crippen LogP contribution in [0.2, 0.25) is 5.02 Å². The average molecular weight is 458 g/mol. The molecule has 0 fully saturated rings. The molecule has 0 spiro atoms. The SMILES string of the molecule is CCOc1cc(CNc2ccc([N+](=O)[O-])cc2)cc(Cl)c1OCc1ccc([N+](=O)[O-])cc1. The van der Waals surface area contributed by atoms with Crippen molar-refractivity contribution in [3.05, 3.63) is 97.0 Å². The number of nitrogens with zero attached hydrogens (tertiary/aromatic N) is 2. The summed E-state index contributed by atoms with van der Waals surface area (Å²) >= 11 is 6.44. The van der Waals surface area contributed by atoms with Gasteiger partial charge in [-0.3, -0.25) is 20.2 Å². The van der Waals surface area contributed by atoms with Crippen LogP contribution in [-0.4, -0.2) is 16.5 Å². The van der Waals surface area contributed by atoms with Crippen molar-refractivity contribution in [1.82, 2.24) is 0 Å². The maximum Gasteiger partial charge on any atom is 0.269 e. The molecule has 0 radical (unpaired) electrons. The second-order valence-electron chi connectivity index (χ2n) is 6.71. The second kappa shape index (κ2) is 10.5. The van der Waals surface area contributed by atoms with E-state index in [1.54, 1.807) is 36.4 Å².